The van der Waals surface area contributed by atoms with E-state index in [0.717, 1.165) is 0 Å². The molecule has 5 nitrogen and oxygen atoms in total. The van der Waals surface area contributed by atoms with Crippen LogP contribution in [-0.4, -0.2) is 23.1 Å². The third-order valence-corrected chi connectivity index (χ3v) is 2.04. The van der Waals surface area contributed by atoms with Crippen LogP contribution >= 0.6 is 11.6 Å². The molecule has 1 aliphatic rings. The molecule has 0 amide bonds. The highest BCUT2D eigenvalue weighted by molar-refractivity contribution is 6.32. The quantitative estimate of drug-likeness (QED) is 0.592. The number of hydrogen-bond acceptors (Lipinski definition) is 5. The van der Waals surface area contributed by atoms with Crippen LogP contribution in [-0.2, 0) is 0 Å². The summed E-state index contributed by atoms with van der Waals surface area (Å²) < 4.78 is 0. The third-order valence-electron chi connectivity index (χ3n) is 1.75. The van der Waals surface area contributed by atoms with Crippen LogP contribution in [0, 0.1) is 0 Å². The molecule has 5 N–H and O–H groups in total. The van der Waals surface area contributed by atoms with E-state index in [1.807, 2.05) is 0 Å². The SMILES string of the molecule is C1CCNC1.Nc1ncc(Cl)c(N)n1. The van der Waals surface area contributed by atoms with Crippen molar-refractivity contribution in [3.63, 3.8) is 0 Å². The van der Waals surface area contributed by atoms with Crippen molar-refractivity contribution in [2.75, 3.05) is 24.6 Å². The molecule has 0 saturated carbocycles. The van der Waals surface area contributed by atoms with E-state index in [1.165, 1.54) is 32.1 Å². The van der Waals surface area contributed by atoms with E-state index in [0.29, 0.717) is 5.02 Å². The van der Waals surface area contributed by atoms with E-state index in [-0.39, 0.29) is 11.8 Å². The molecule has 1 fully saturated rings. The molecular weight excluding hydrogens is 202 g/mol. The topological polar surface area (TPSA) is 89.8 Å². The van der Waals surface area contributed by atoms with Gasteiger partial charge in [0.25, 0.3) is 0 Å². The van der Waals surface area contributed by atoms with Crippen molar-refractivity contribution in [1.82, 2.24) is 15.3 Å². The van der Waals surface area contributed by atoms with Crippen molar-refractivity contribution in [2.24, 2.45) is 0 Å². The highest BCUT2D eigenvalue weighted by Gasteiger charge is 1.95. The first kappa shape index (κ1) is 11.0. The Balaban J connectivity index is 0.000000165. The number of aromatic nitrogens is 2. The Morgan fingerprint density at radius 3 is 2.29 bits per heavy atom. The Kier molecular flexibility index (Phi) is 4.42. The van der Waals surface area contributed by atoms with E-state index < -0.39 is 0 Å². The average Bonchev–Trinajstić information content (AvgIpc) is 2.69. The number of hydrogen-bond donors (Lipinski definition) is 3. The molecule has 2 rings (SSSR count). The van der Waals surface area contributed by atoms with Gasteiger partial charge < -0.3 is 16.8 Å². The third kappa shape index (κ3) is 3.76. The summed E-state index contributed by atoms with van der Waals surface area (Å²) >= 11 is 5.48. The minimum absolute atomic E-state index is 0.136. The number of nitrogens with zero attached hydrogens (tertiary/aromatic N) is 2. The lowest BCUT2D eigenvalue weighted by Crippen LogP contribution is -2.03. The number of anilines is 2. The fourth-order valence-corrected chi connectivity index (χ4v) is 1.11. The maximum absolute atomic E-state index is 5.48. The van der Waals surface area contributed by atoms with Crippen LogP contribution in [0.15, 0.2) is 6.20 Å². The van der Waals surface area contributed by atoms with Gasteiger partial charge in [-0.25, -0.2) is 4.98 Å². The maximum Gasteiger partial charge on any atom is 0.222 e. The molecule has 0 unspecified atom stereocenters. The molecule has 0 aliphatic carbocycles. The molecule has 2 heterocycles. The summed E-state index contributed by atoms with van der Waals surface area (Å²) in [5.41, 5.74) is 10.4. The van der Waals surface area contributed by atoms with Crippen molar-refractivity contribution < 1.29 is 0 Å². The molecule has 1 aliphatic heterocycles. The van der Waals surface area contributed by atoms with Crippen molar-refractivity contribution >= 4 is 23.4 Å². The monoisotopic (exact) mass is 215 g/mol. The van der Waals surface area contributed by atoms with Gasteiger partial charge in [0.15, 0.2) is 0 Å². The molecule has 1 saturated heterocycles. The zero-order valence-corrected chi connectivity index (χ0v) is 8.59. The standard InChI is InChI=1S/C4H5ClN4.C4H9N/c5-2-1-8-4(7)9-3(2)6;1-2-4-5-3-1/h1H,(H4,6,7,8,9);5H,1-4H2. The predicted octanol–water partition coefficient (Wildman–Crippen LogP) is 0.664. The largest absolute Gasteiger partial charge is 0.382 e. The van der Waals surface area contributed by atoms with Gasteiger partial charge in [-0.3, -0.25) is 0 Å². The Hall–Kier alpha value is -1.07. The fraction of sp³-hybridized carbons (Fsp3) is 0.500. The minimum atomic E-state index is 0.136. The number of nitrogens with two attached hydrogens (primary N) is 2. The fourth-order valence-electron chi connectivity index (χ4n) is 1.02. The summed E-state index contributed by atoms with van der Waals surface area (Å²) in [5, 5.41) is 3.55. The van der Waals surface area contributed by atoms with E-state index in [4.69, 9.17) is 23.1 Å². The molecule has 0 aromatic carbocycles. The van der Waals surface area contributed by atoms with E-state index in [9.17, 15) is 0 Å². The molecular formula is C8H14ClN5. The van der Waals surface area contributed by atoms with Crippen LogP contribution in [0.2, 0.25) is 5.02 Å². The Morgan fingerprint density at radius 1 is 1.29 bits per heavy atom. The Labute approximate surface area is 87.9 Å². The molecule has 0 atom stereocenters. The van der Waals surface area contributed by atoms with Crippen molar-refractivity contribution in [1.29, 1.82) is 0 Å². The summed E-state index contributed by atoms with van der Waals surface area (Å²) in [6.45, 7) is 2.50. The summed E-state index contributed by atoms with van der Waals surface area (Å²) in [7, 11) is 0. The Morgan fingerprint density at radius 2 is 1.93 bits per heavy atom. The summed E-state index contributed by atoms with van der Waals surface area (Å²) in [4.78, 5) is 7.18. The van der Waals surface area contributed by atoms with Gasteiger partial charge in [0, 0.05) is 0 Å². The lowest BCUT2D eigenvalue weighted by Gasteiger charge is -1.94. The van der Waals surface area contributed by atoms with Crippen LogP contribution in [0.3, 0.4) is 0 Å². The van der Waals surface area contributed by atoms with Gasteiger partial charge in [-0.15, -0.1) is 0 Å². The molecule has 0 spiro atoms. The van der Waals surface area contributed by atoms with Crippen molar-refractivity contribution in [3.8, 4) is 0 Å². The smallest absolute Gasteiger partial charge is 0.222 e. The molecule has 1 aromatic rings. The predicted molar refractivity (Wildman–Crippen MR) is 58.0 cm³/mol. The van der Waals surface area contributed by atoms with Gasteiger partial charge in [0.2, 0.25) is 5.95 Å². The molecule has 14 heavy (non-hydrogen) atoms. The minimum Gasteiger partial charge on any atom is -0.382 e. The van der Waals surface area contributed by atoms with Crippen LogP contribution in [0.4, 0.5) is 11.8 Å². The van der Waals surface area contributed by atoms with Crippen molar-refractivity contribution in [2.45, 2.75) is 12.8 Å². The average molecular weight is 216 g/mol. The van der Waals surface area contributed by atoms with Gasteiger partial charge >= 0.3 is 0 Å². The Bertz CT molecular complexity index is 279. The number of nitrogen functional groups attached to an aromatic ring is 2. The molecule has 78 valence electrons. The molecule has 0 radical (unpaired) electrons. The van der Waals surface area contributed by atoms with E-state index in [2.05, 4.69) is 15.3 Å². The highest BCUT2D eigenvalue weighted by atomic mass is 35.5. The second-order valence-electron chi connectivity index (χ2n) is 2.92. The summed E-state index contributed by atoms with van der Waals surface area (Å²) in [5.74, 6) is 0.348. The lowest BCUT2D eigenvalue weighted by atomic mass is 10.4. The molecule has 0 bridgehead atoms. The number of rotatable bonds is 0. The summed E-state index contributed by atoms with van der Waals surface area (Å²) in [6, 6.07) is 0. The maximum atomic E-state index is 5.48. The van der Waals surface area contributed by atoms with E-state index in [1.54, 1.807) is 0 Å². The lowest BCUT2D eigenvalue weighted by molar-refractivity contribution is 0.857. The first-order valence-corrected chi connectivity index (χ1v) is 4.82. The number of halogens is 1. The van der Waals surface area contributed by atoms with Crippen LogP contribution < -0.4 is 16.8 Å². The summed E-state index contributed by atoms with van der Waals surface area (Å²) in [6.07, 6.45) is 4.14. The van der Waals surface area contributed by atoms with Crippen molar-refractivity contribution in [3.05, 3.63) is 11.2 Å². The second kappa shape index (κ2) is 5.62. The highest BCUT2D eigenvalue weighted by Crippen LogP contribution is 2.13. The molecule has 1 aromatic heterocycles. The van der Waals surface area contributed by atoms with Gasteiger partial charge in [0.05, 0.1) is 6.20 Å². The van der Waals surface area contributed by atoms with E-state index >= 15 is 0 Å². The van der Waals surface area contributed by atoms with Gasteiger partial charge in [-0.2, -0.15) is 4.98 Å². The van der Waals surface area contributed by atoms with Gasteiger partial charge in [0.1, 0.15) is 10.8 Å². The number of nitrogens with one attached hydrogen (secondary N) is 1. The zero-order chi connectivity index (χ0) is 10.4. The van der Waals surface area contributed by atoms with Crippen LogP contribution in [0.5, 0.6) is 0 Å². The van der Waals surface area contributed by atoms with Gasteiger partial charge in [-0.05, 0) is 25.9 Å². The van der Waals surface area contributed by atoms with Crippen LogP contribution in [0.25, 0.3) is 0 Å². The first-order chi connectivity index (χ1) is 6.70. The van der Waals surface area contributed by atoms with Gasteiger partial charge in [-0.1, -0.05) is 11.6 Å². The second-order valence-corrected chi connectivity index (χ2v) is 3.33. The van der Waals surface area contributed by atoms with Crippen LogP contribution in [0.1, 0.15) is 12.8 Å². The normalized spacial score (nSPS) is 14.6. The zero-order valence-electron chi connectivity index (χ0n) is 7.83. The molecule has 6 heteroatoms. The first-order valence-electron chi connectivity index (χ1n) is 4.44.